The van der Waals surface area contributed by atoms with Crippen molar-refractivity contribution in [1.29, 1.82) is 0 Å². The highest BCUT2D eigenvalue weighted by atomic mass is 15.2. The van der Waals surface area contributed by atoms with Gasteiger partial charge in [0.2, 0.25) is 0 Å². The lowest BCUT2D eigenvalue weighted by molar-refractivity contribution is -0.981. The van der Waals surface area contributed by atoms with Crippen LogP contribution < -0.4 is 15.1 Å². The zero-order valence-electron chi connectivity index (χ0n) is 8.81. The third-order valence-electron chi connectivity index (χ3n) is 3.76. The van der Waals surface area contributed by atoms with Crippen molar-refractivity contribution in [2.24, 2.45) is 0 Å². The third kappa shape index (κ3) is 2.42. The van der Waals surface area contributed by atoms with Gasteiger partial charge >= 0.3 is 0 Å². The van der Waals surface area contributed by atoms with Crippen LogP contribution in [0.2, 0.25) is 0 Å². The van der Waals surface area contributed by atoms with E-state index in [4.69, 9.17) is 0 Å². The molecule has 2 rings (SSSR count). The Morgan fingerprint density at radius 1 is 1.00 bits per heavy atom. The second-order valence-corrected chi connectivity index (χ2v) is 4.76. The average molecular weight is 186 g/mol. The fraction of sp³-hybridized carbons (Fsp3) is 1.00. The van der Waals surface area contributed by atoms with Gasteiger partial charge in [-0.05, 0) is 0 Å². The smallest absolute Gasteiger partial charge is 0.127 e. The highest BCUT2D eigenvalue weighted by molar-refractivity contribution is 4.59. The molecule has 0 atom stereocenters. The van der Waals surface area contributed by atoms with E-state index in [1.165, 1.54) is 52.1 Å². The zero-order chi connectivity index (χ0) is 9.10. The van der Waals surface area contributed by atoms with Gasteiger partial charge in [-0.15, -0.1) is 0 Å². The highest BCUT2D eigenvalue weighted by Crippen LogP contribution is 1.94. The predicted octanol–water partition coefficient (Wildman–Crippen LogP) is -3.87. The molecule has 13 heavy (non-hydrogen) atoms. The van der Waals surface area contributed by atoms with Gasteiger partial charge in [-0.3, -0.25) is 0 Å². The Hall–Kier alpha value is -0.120. The first-order chi connectivity index (χ1) is 6.36. The molecule has 2 fully saturated rings. The Morgan fingerprint density at radius 2 is 1.62 bits per heavy atom. The van der Waals surface area contributed by atoms with Crippen molar-refractivity contribution in [1.82, 2.24) is 0 Å². The Kier molecular flexibility index (Phi) is 3.19. The first kappa shape index (κ1) is 9.44. The number of quaternary nitrogens is 3. The van der Waals surface area contributed by atoms with E-state index in [1.54, 1.807) is 4.90 Å². The van der Waals surface area contributed by atoms with E-state index < -0.39 is 0 Å². The molecule has 0 aromatic carbocycles. The molecule has 0 spiro atoms. The van der Waals surface area contributed by atoms with Crippen LogP contribution >= 0.6 is 0 Å². The second-order valence-electron chi connectivity index (χ2n) is 4.76. The minimum absolute atomic E-state index is 0.998. The highest BCUT2D eigenvalue weighted by Gasteiger charge is 2.29. The molecule has 0 aliphatic carbocycles. The number of piperidine rings is 1. The van der Waals surface area contributed by atoms with E-state index in [2.05, 4.69) is 12.4 Å². The molecular weight excluding hydrogens is 162 g/mol. The van der Waals surface area contributed by atoms with Crippen LogP contribution in [0.5, 0.6) is 0 Å². The van der Waals surface area contributed by atoms with Gasteiger partial charge in [-0.1, -0.05) is 0 Å². The lowest BCUT2D eigenvalue weighted by Crippen LogP contribution is -3.25. The van der Waals surface area contributed by atoms with Crippen molar-refractivity contribution in [3.05, 3.63) is 0 Å². The SMILES string of the molecule is C[NH+]1CCC([NH+]2CC[NH2+]CC2)CC1. The van der Waals surface area contributed by atoms with Crippen molar-refractivity contribution in [2.75, 3.05) is 46.3 Å². The molecule has 0 amide bonds. The average Bonchev–Trinajstić information content (AvgIpc) is 2.20. The summed E-state index contributed by atoms with van der Waals surface area (Å²) in [5, 5.41) is 2.46. The first-order valence-electron chi connectivity index (χ1n) is 5.84. The number of piperazine rings is 1. The standard InChI is InChI=1S/C10H21N3/c1-12-6-2-10(3-7-12)13-8-4-11-5-9-13/h10-11H,2-9H2,1H3/p+3. The molecule has 0 radical (unpaired) electrons. The van der Waals surface area contributed by atoms with E-state index in [0.29, 0.717) is 0 Å². The topological polar surface area (TPSA) is 25.5 Å². The maximum absolute atomic E-state index is 2.46. The Morgan fingerprint density at radius 3 is 2.23 bits per heavy atom. The molecule has 2 saturated heterocycles. The summed E-state index contributed by atoms with van der Waals surface area (Å²) < 4.78 is 0. The monoisotopic (exact) mass is 186 g/mol. The Bertz CT molecular complexity index is 146. The zero-order valence-corrected chi connectivity index (χ0v) is 8.81. The molecule has 2 aliphatic heterocycles. The van der Waals surface area contributed by atoms with Crippen LogP contribution in [0.4, 0.5) is 0 Å². The number of nitrogens with two attached hydrogens (primary N) is 1. The molecule has 76 valence electrons. The van der Waals surface area contributed by atoms with E-state index >= 15 is 0 Å². The van der Waals surface area contributed by atoms with E-state index in [9.17, 15) is 0 Å². The molecule has 0 aromatic heterocycles. The fourth-order valence-corrected chi connectivity index (χ4v) is 2.77. The van der Waals surface area contributed by atoms with Gasteiger partial charge < -0.3 is 15.1 Å². The van der Waals surface area contributed by atoms with Crippen LogP contribution in [0.1, 0.15) is 12.8 Å². The summed E-state index contributed by atoms with van der Waals surface area (Å²) in [4.78, 5) is 3.63. The van der Waals surface area contributed by atoms with Gasteiger partial charge in [0.25, 0.3) is 0 Å². The van der Waals surface area contributed by atoms with E-state index in [-0.39, 0.29) is 0 Å². The van der Waals surface area contributed by atoms with Crippen LogP contribution in [-0.2, 0) is 0 Å². The number of rotatable bonds is 1. The summed E-state index contributed by atoms with van der Waals surface area (Å²) in [5.41, 5.74) is 0. The summed E-state index contributed by atoms with van der Waals surface area (Å²) in [6.45, 7) is 8.33. The minimum Gasteiger partial charge on any atom is -0.337 e. The maximum Gasteiger partial charge on any atom is 0.127 e. The van der Waals surface area contributed by atoms with Crippen molar-refractivity contribution in [2.45, 2.75) is 18.9 Å². The molecule has 2 aliphatic rings. The maximum atomic E-state index is 2.46. The normalized spacial score (nSPS) is 37.6. The number of likely N-dealkylation sites (tertiary alicyclic amines) is 1. The summed E-state index contributed by atoms with van der Waals surface area (Å²) in [6, 6.07) is 0.998. The van der Waals surface area contributed by atoms with E-state index in [1.807, 2.05) is 4.90 Å². The van der Waals surface area contributed by atoms with Crippen LogP contribution in [0.25, 0.3) is 0 Å². The van der Waals surface area contributed by atoms with Crippen molar-refractivity contribution < 1.29 is 15.1 Å². The van der Waals surface area contributed by atoms with Crippen LogP contribution in [0, 0.1) is 0 Å². The van der Waals surface area contributed by atoms with Crippen molar-refractivity contribution in [3.8, 4) is 0 Å². The molecule has 0 unspecified atom stereocenters. The summed E-state index contributed by atoms with van der Waals surface area (Å²) in [6.07, 6.45) is 2.92. The van der Waals surface area contributed by atoms with Gasteiger partial charge in [0.15, 0.2) is 0 Å². The Balaban J connectivity index is 1.79. The number of hydrogen-bond donors (Lipinski definition) is 3. The molecule has 2 heterocycles. The van der Waals surface area contributed by atoms with Crippen LogP contribution in [-0.4, -0.2) is 52.4 Å². The quantitative estimate of drug-likeness (QED) is 0.374. The molecule has 4 N–H and O–H groups in total. The molecule has 3 nitrogen and oxygen atoms in total. The predicted molar refractivity (Wildman–Crippen MR) is 52.0 cm³/mol. The molecule has 3 heteroatoms. The molecular formula is C10H24N3+3. The van der Waals surface area contributed by atoms with Gasteiger partial charge in [0, 0.05) is 12.8 Å². The Labute approximate surface area is 81.1 Å². The lowest BCUT2D eigenvalue weighted by atomic mass is 10.0. The molecule has 0 saturated carbocycles. The second kappa shape index (κ2) is 4.40. The van der Waals surface area contributed by atoms with Crippen LogP contribution in [0.15, 0.2) is 0 Å². The summed E-state index contributed by atoms with van der Waals surface area (Å²) in [7, 11) is 2.33. The third-order valence-corrected chi connectivity index (χ3v) is 3.76. The van der Waals surface area contributed by atoms with Gasteiger partial charge in [0.1, 0.15) is 26.2 Å². The first-order valence-corrected chi connectivity index (χ1v) is 5.84. The van der Waals surface area contributed by atoms with Crippen molar-refractivity contribution in [3.63, 3.8) is 0 Å². The van der Waals surface area contributed by atoms with Gasteiger partial charge in [-0.25, -0.2) is 0 Å². The fourth-order valence-electron chi connectivity index (χ4n) is 2.77. The van der Waals surface area contributed by atoms with Crippen molar-refractivity contribution >= 4 is 0 Å². The number of hydrogen-bond acceptors (Lipinski definition) is 0. The van der Waals surface area contributed by atoms with Gasteiger partial charge in [0.05, 0.1) is 26.2 Å². The lowest BCUT2D eigenvalue weighted by Gasteiger charge is -2.34. The van der Waals surface area contributed by atoms with Gasteiger partial charge in [-0.2, -0.15) is 0 Å². The largest absolute Gasteiger partial charge is 0.337 e. The summed E-state index contributed by atoms with van der Waals surface area (Å²) >= 11 is 0. The summed E-state index contributed by atoms with van der Waals surface area (Å²) in [5.74, 6) is 0. The van der Waals surface area contributed by atoms with Crippen LogP contribution in [0.3, 0.4) is 0 Å². The van der Waals surface area contributed by atoms with E-state index in [0.717, 1.165) is 6.04 Å². The molecule has 0 aromatic rings. The number of nitrogens with one attached hydrogen (secondary N) is 2. The molecule has 0 bridgehead atoms. The minimum atomic E-state index is 0.998.